The minimum Gasteiger partial charge on any atom is -0.0622 e. The molecule has 3 aromatic rings. The Bertz CT molecular complexity index is 818. The van der Waals surface area contributed by atoms with Gasteiger partial charge in [-0.1, -0.05) is 85.0 Å². The summed E-state index contributed by atoms with van der Waals surface area (Å²) in [6.45, 7) is 0. The Balaban J connectivity index is 2.30. The Morgan fingerprint density at radius 2 is 0.800 bits per heavy atom. The van der Waals surface area contributed by atoms with Crippen molar-refractivity contribution in [2.24, 2.45) is 0 Å². The van der Waals surface area contributed by atoms with Crippen LogP contribution in [0.1, 0.15) is 11.1 Å². The van der Waals surface area contributed by atoms with Crippen molar-refractivity contribution in [1.82, 2.24) is 0 Å². The van der Waals surface area contributed by atoms with Gasteiger partial charge in [-0.2, -0.15) is 0 Å². The number of benzene rings is 3. The van der Waals surface area contributed by atoms with Crippen LogP contribution in [0.25, 0.3) is 33.7 Å². The molecule has 0 radical (unpaired) electrons. The molecule has 0 unspecified atom stereocenters. The molecule has 0 heterocycles. The van der Waals surface area contributed by atoms with Gasteiger partial charge in [0.25, 0.3) is 0 Å². The van der Waals surface area contributed by atoms with E-state index in [1.807, 2.05) is 0 Å². The smallest absolute Gasteiger partial charge is 0.00990 e. The fourth-order valence-electron chi connectivity index (χ4n) is 2.99. The molecule has 0 saturated carbocycles. The van der Waals surface area contributed by atoms with E-state index >= 15 is 0 Å². The van der Waals surface area contributed by atoms with Gasteiger partial charge in [0.05, 0.1) is 0 Å². The minimum atomic E-state index is 1.31. The summed E-state index contributed by atoms with van der Waals surface area (Å²) in [5, 5.41) is 5.28. The first-order chi connectivity index (χ1) is 9.95. The van der Waals surface area contributed by atoms with E-state index in [2.05, 4.69) is 85.0 Å². The molecule has 0 aromatic heterocycles. The Hall–Kier alpha value is -2.60. The van der Waals surface area contributed by atoms with Crippen molar-refractivity contribution >= 4 is 33.7 Å². The molecule has 4 rings (SSSR count). The maximum absolute atomic E-state index is 2.21. The fourth-order valence-corrected chi connectivity index (χ4v) is 2.99. The SMILES string of the molecule is C1=C\C=C/c2c(c3ccccc3c3ccccc23)\C=C/1. The lowest BCUT2D eigenvalue weighted by Gasteiger charge is -2.13. The van der Waals surface area contributed by atoms with E-state index in [0.717, 1.165) is 0 Å². The summed E-state index contributed by atoms with van der Waals surface area (Å²) in [4.78, 5) is 0. The van der Waals surface area contributed by atoms with Crippen molar-refractivity contribution in [3.8, 4) is 0 Å². The molecule has 0 N–H and O–H groups in total. The standard InChI is InChI=1S/C20H14/c1-2-4-10-16-15(9-3-1)17-11-5-7-13-19(17)20-14-8-6-12-18(16)20/h1-14H/b2-1-,3-1?,4-2?,9-3-,10-4-,15-9?,16-10?. The molecule has 0 aliphatic heterocycles. The van der Waals surface area contributed by atoms with Crippen molar-refractivity contribution < 1.29 is 0 Å². The van der Waals surface area contributed by atoms with Crippen LogP contribution in [0.2, 0.25) is 0 Å². The van der Waals surface area contributed by atoms with Gasteiger partial charge < -0.3 is 0 Å². The zero-order chi connectivity index (χ0) is 13.4. The number of hydrogen-bond acceptors (Lipinski definition) is 0. The predicted molar refractivity (Wildman–Crippen MR) is 88.7 cm³/mol. The van der Waals surface area contributed by atoms with Crippen LogP contribution in [-0.4, -0.2) is 0 Å². The highest BCUT2D eigenvalue weighted by Crippen LogP contribution is 2.34. The number of fused-ring (bicyclic) bond motifs is 6. The van der Waals surface area contributed by atoms with Crippen LogP contribution in [0.15, 0.2) is 72.8 Å². The lowest BCUT2D eigenvalue weighted by molar-refractivity contribution is 1.69. The second-order valence-electron chi connectivity index (χ2n) is 5.02. The quantitative estimate of drug-likeness (QED) is 0.459. The molecule has 1 aliphatic carbocycles. The molecule has 0 saturated heterocycles. The molecule has 0 bridgehead atoms. The first kappa shape index (κ1) is 11.2. The molecule has 0 heteroatoms. The van der Waals surface area contributed by atoms with Crippen molar-refractivity contribution in [2.45, 2.75) is 0 Å². The van der Waals surface area contributed by atoms with Gasteiger partial charge in [-0.05, 0) is 32.7 Å². The van der Waals surface area contributed by atoms with Crippen LogP contribution in [0.5, 0.6) is 0 Å². The highest BCUT2D eigenvalue weighted by molar-refractivity contribution is 6.14. The number of allylic oxidation sites excluding steroid dienone is 4. The third-order valence-corrected chi connectivity index (χ3v) is 3.87. The zero-order valence-electron chi connectivity index (χ0n) is 11.1. The van der Waals surface area contributed by atoms with Crippen LogP contribution in [0.4, 0.5) is 0 Å². The van der Waals surface area contributed by atoms with Gasteiger partial charge in [0.2, 0.25) is 0 Å². The molecule has 0 atom stereocenters. The summed E-state index contributed by atoms with van der Waals surface area (Å²) < 4.78 is 0. The summed E-state index contributed by atoms with van der Waals surface area (Å²) in [5.74, 6) is 0. The van der Waals surface area contributed by atoms with Gasteiger partial charge in [-0.15, -0.1) is 0 Å². The molecule has 1 aliphatic rings. The molecule has 94 valence electrons. The Labute approximate surface area is 118 Å². The number of rotatable bonds is 0. The van der Waals surface area contributed by atoms with E-state index < -0.39 is 0 Å². The number of hydrogen-bond donors (Lipinski definition) is 0. The Morgan fingerprint density at radius 3 is 1.25 bits per heavy atom. The monoisotopic (exact) mass is 254 g/mol. The van der Waals surface area contributed by atoms with E-state index in [9.17, 15) is 0 Å². The van der Waals surface area contributed by atoms with Gasteiger partial charge >= 0.3 is 0 Å². The molecular weight excluding hydrogens is 240 g/mol. The van der Waals surface area contributed by atoms with Gasteiger partial charge in [0.15, 0.2) is 0 Å². The summed E-state index contributed by atoms with van der Waals surface area (Å²) in [6, 6.07) is 17.3. The van der Waals surface area contributed by atoms with E-state index in [1.165, 1.54) is 32.7 Å². The van der Waals surface area contributed by atoms with Crippen LogP contribution in [0.3, 0.4) is 0 Å². The third-order valence-electron chi connectivity index (χ3n) is 3.87. The lowest BCUT2D eigenvalue weighted by Crippen LogP contribution is -1.89. The first-order valence-electron chi connectivity index (χ1n) is 6.90. The topological polar surface area (TPSA) is 0 Å². The van der Waals surface area contributed by atoms with E-state index in [4.69, 9.17) is 0 Å². The van der Waals surface area contributed by atoms with E-state index in [0.29, 0.717) is 0 Å². The predicted octanol–water partition coefficient (Wildman–Crippen LogP) is 5.59. The first-order valence-corrected chi connectivity index (χ1v) is 6.90. The van der Waals surface area contributed by atoms with Crippen molar-refractivity contribution in [3.05, 3.63) is 84.0 Å². The summed E-state index contributed by atoms with van der Waals surface area (Å²) in [7, 11) is 0. The van der Waals surface area contributed by atoms with Crippen LogP contribution in [-0.2, 0) is 0 Å². The zero-order valence-corrected chi connectivity index (χ0v) is 11.1. The lowest BCUT2D eigenvalue weighted by atomic mass is 9.90. The Morgan fingerprint density at radius 1 is 0.400 bits per heavy atom. The Kier molecular flexibility index (Phi) is 2.53. The molecule has 20 heavy (non-hydrogen) atoms. The average Bonchev–Trinajstić information content (AvgIpc) is 2.47. The van der Waals surface area contributed by atoms with Crippen LogP contribution >= 0.6 is 0 Å². The second kappa shape index (κ2) is 4.50. The minimum absolute atomic E-state index is 1.31. The summed E-state index contributed by atoms with van der Waals surface area (Å²) in [5.41, 5.74) is 2.61. The fraction of sp³-hybridized carbons (Fsp3) is 0. The van der Waals surface area contributed by atoms with Crippen molar-refractivity contribution in [2.75, 3.05) is 0 Å². The molecule has 0 nitrogen and oxygen atoms in total. The highest BCUT2D eigenvalue weighted by atomic mass is 14.1. The molecule has 0 amide bonds. The van der Waals surface area contributed by atoms with E-state index in [1.54, 1.807) is 0 Å². The van der Waals surface area contributed by atoms with E-state index in [-0.39, 0.29) is 0 Å². The maximum atomic E-state index is 2.21. The van der Waals surface area contributed by atoms with Gasteiger partial charge in [-0.3, -0.25) is 0 Å². The maximum Gasteiger partial charge on any atom is -0.00990 e. The third kappa shape index (κ3) is 1.62. The van der Waals surface area contributed by atoms with Gasteiger partial charge in [0.1, 0.15) is 0 Å². The second-order valence-corrected chi connectivity index (χ2v) is 5.02. The highest BCUT2D eigenvalue weighted by Gasteiger charge is 2.10. The molecule has 0 fully saturated rings. The van der Waals surface area contributed by atoms with Gasteiger partial charge in [0, 0.05) is 0 Å². The molecular formula is C20H14. The molecule has 3 aromatic carbocycles. The van der Waals surface area contributed by atoms with Gasteiger partial charge in [-0.25, -0.2) is 0 Å². The normalized spacial score (nSPS) is 18.2. The summed E-state index contributed by atoms with van der Waals surface area (Å²) in [6.07, 6.45) is 12.8. The van der Waals surface area contributed by atoms with Crippen LogP contribution in [0, 0.1) is 0 Å². The average molecular weight is 254 g/mol. The largest absolute Gasteiger partial charge is 0.0622 e. The van der Waals surface area contributed by atoms with Crippen molar-refractivity contribution in [1.29, 1.82) is 0 Å². The molecule has 0 spiro atoms. The van der Waals surface area contributed by atoms with Crippen molar-refractivity contribution in [3.63, 3.8) is 0 Å². The van der Waals surface area contributed by atoms with Crippen LogP contribution < -0.4 is 0 Å². The summed E-state index contributed by atoms with van der Waals surface area (Å²) >= 11 is 0.